The van der Waals surface area contributed by atoms with Crippen LogP contribution in [-0.4, -0.2) is 35.6 Å². The first-order chi connectivity index (χ1) is 5.07. The fraction of sp³-hybridized carbons (Fsp3) is 0.875. The highest BCUT2D eigenvalue weighted by atomic mass is 16.3. The van der Waals surface area contributed by atoms with Crippen molar-refractivity contribution in [2.45, 2.75) is 32.8 Å². The first kappa shape index (κ1) is 10.4. The molecular weight excluding hydrogens is 142 g/mol. The topological polar surface area (TPSA) is 40.5 Å². The van der Waals surface area contributed by atoms with Gasteiger partial charge in [0.05, 0.1) is 6.10 Å². The molecule has 0 aromatic carbocycles. The zero-order valence-electron chi connectivity index (χ0n) is 7.50. The molecule has 1 unspecified atom stereocenters. The molecule has 0 fully saturated rings. The largest absolute Gasteiger partial charge is 0.393 e. The summed E-state index contributed by atoms with van der Waals surface area (Å²) in [4.78, 5) is 12.3. The van der Waals surface area contributed by atoms with Gasteiger partial charge in [0.2, 0.25) is 5.91 Å². The Morgan fingerprint density at radius 2 is 2.18 bits per heavy atom. The molecule has 0 aromatic rings. The van der Waals surface area contributed by atoms with Crippen LogP contribution >= 0.6 is 0 Å². The Labute approximate surface area is 68.0 Å². The van der Waals surface area contributed by atoms with Gasteiger partial charge in [-0.2, -0.15) is 0 Å². The van der Waals surface area contributed by atoms with Gasteiger partial charge in [0.25, 0.3) is 0 Å². The molecule has 0 aliphatic rings. The van der Waals surface area contributed by atoms with Crippen molar-refractivity contribution in [1.82, 2.24) is 4.90 Å². The van der Waals surface area contributed by atoms with E-state index in [0.717, 1.165) is 6.42 Å². The molecule has 0 heterocycles. The third kappa shape index (κ3) is 4.79. The Kier molecular flexibility index (Phi) is 4.86. The first-order valence-electron chi connectivity index (χ1n) is 3.97. The van der Waals surface area contributed by atoms with E-state index in [0.29, 0.717) is 13.0 Å². The summed E-state index contributed by atoms with van der Waals surface area (Å²) in [5, 5.41) is 9.15. The van der Waals surface area contributed by atoms with E-state index in [-0.39, 0.29) is 12.0 Å². The monoisotopic (exact) mass is 159 g/mol. The normalized spacial score (nSPS) is 12.7. The molecule has 0 aromatic heterocycles. The average molecular weight is 159 g/mol. The van der Waals surface area contributed by atoms with Crippen molar-refractivity contribution in [1.29, 1.82) is 0 Å². The number of aliphatic hydroxyl groups excluding tert-OH is 1. The molecule has 0 aliphatic heterocycles. The summed E-state index contributed by atoms with van der Waals surface area (Å²) in [6.07, 6.45) is 1.16. The van der Waals surface area contributed by atoms with Gasteiger partial charge >= 0.3 is 0 Å². The minimum absolute atomic E-state index is 0.0494. The summed E-state index contributed by atoms with van der Waals surface area (Å²) in [6, 6.07) is 0. The Bertz CT molecular complexity index is 125. The first-order valence-corrected chi connectivity index (χ1v) is 3.97. The number of nitrogens with zero attached hydrogens (tertiary/aromatic N) is 1. The second kappa shape index (κ2) is 5.13. The molecule has 0 radical (unpaired) electrons. The van der Waals surface area contributed by atoms with Gasteiger partial charge in [-0.1, -0.05) is 6.92 Å². The smallest absolute Gasteiger partial charge is 0.219 e. The lowest BCUT2D eigenvalue weighted by atomic mass is 10.2. The molecule has 0 spiro atoms. The summed E-state index contributed by atoms with van der Waals surface area (Å²) in [5.74, 6) is 0.0494. The lowest BCUT2D eigenvalue weighted by Crippen LogP contribution is -2.27. The second-order valence-corrected chi connectivity index (χ2v) is 2.79. The third-order valence-electron chi connectivity index (χ3n) is 1.81. The van der Waals surface area contributed by atoms with Crippen LogP contribution in [0, 0.1) is 0 Å². The number of amides is 1. The van der Waals surface area contributed by atoms with Gasteiger partial charge in [-0.05, 0) is 12.8 Å². The lowest BCUT2D eigenvalue weighted by Gasteiger charge is -2.16. The molecule has 3 heteroatoms. The predicted molar refractivity (Wildman–Crippen MR) is 44.2 cm³/mol. The zero-order valence-corrected chi connectivity index (χ0v) is 7.50. The summed E-state index contributed by atoms with van der Waals surface area (Å²) in [7, 11) is 1.74. The van der Waals surface area contributed by atoms with Crippen LogP contribution in [-0.2, 0) is 4.79 Å². The zero-order chi connectivity index (χ0) is 8.85. The minimum Gasteiger partial charge on any atom is -0.393 e. The van der Waals surface area contributed by atoms with E-state index in [4.69, 9.17) is 5.11 Å². The van der Waals surface area contributed by atoms with Gasteiger partial charge in [0, 0.05) is 20.5 Å². The fourth-order valence-corrected chi connectivity index (χ4v) is 0.704. The van der Waals surface area contributed by atoms with Gasteiger partial charge in [-0.25, -0.2) is 0 Å². The van der Waals surface area contributed by atoms with E-state index in [9.17, 15) is 4.79 Å². The molecule has 0 saturated carbocycles. The summed E-state index contributed by atoms with van der Waals surface area (Å²) in [6.45, 7) is 4.10. The molecule has 1 amide bonds. The van der Waals surface area contributed by atoms with Gasteiger partial charge < -0.3 is 10.0 Å². The van der Waals surface area contributed by atoms with Gasteiger partial charge in [-0.15, -0.1) is 0 Å². The minimum atomic E-state index is -0.267. The molecule has 11 heavy (non-hydrogen) atoms. The molecular formula is C8H17NO2. The van der Waals surface area contributed by atoms with Crippen LogP contribution in [0.2, 0.25) is 0 Å². The van der Waals surface area contributed by atoms with E-state index < -0.39 is 0 Å². The molecule has 66 valence electrons. The maximum absolute atomic E-state index is 10.7. The van der Waals surface area contributed by atoms with E-state index >= 15 is 0 Å². The Morgan fingerprint density at radius 1 is 1.64 bits per heavy atom. The van der Waals surface area contributed by atoms with E-state index in [2.05, 4.69) is 0 Å². The maximum atomic E-state index is 10.7. The van der Waals surface area contributed by atoms with Crippen molar-refractivity contribution in [2.75, 3.05) is 13.6 Å². The van der Waals surface area contributed by atoms with E-state index in [1.54, 1.807) is 11.9 Å². The van der Waals surface area contributed by atoms with Gasteiger partial charge in [-0.3, -0.25) is 4.79 Å². The van der Waals surface area contributed by atoms with Gasteiger partial charge in [0.1, 0.15) is 0 Å². The molecule has 3 nitrogen and oxygen atoms in total. The predicted octanol–water partition coefficient (Wildman–Crippen LogP) is 0.626. The highest BCUT2D eigenvalue weighted by Crippen LogP contribution is 1.97. The van der Waals surface area contributed by atoms with Crippen LogP contribution in [0.25, 0.3) is 0 Å². The molecule has 0 bridgehead atoms. The van der Waals surface area contributed by atoms with Crippen molar-refractivity contribution < 1.29 is 9.90 Å². The average Bonchev–Trinajstić information content (AvgIpc) is 1.99. The third-order valence-corrected chi connectivity index (χ3v) is 1.81. The fourth-order valence-electron chi connectivity index (χ4n) is 0.704. The Hall–Kier alpha value is -0.570. The summed E-state index contributed by atoms with van der Waals surface area (Å²) < 4.78 is 0. The molecule has 1 N–H and O–H groups in total. The number of aliphatic hydroxyl groups is 1. The number of carbonyl (C=O) groups excluding carboxylic acids is 1. The summed E-state index contributed by atoms with van der Waals surface area (Å²) >= 11 is 0. The van der Waals surface area contributed by atoms with E-state index in [1.807, 2.05) is 6.92 Å². The van der Waals surface area contributed by atoms with E-state index in [1.165, 1.54) is 6.92 Å². The van der Waals surface area contributed by atoms with Crippen molar-refractivity contribution in [3.8, 4) is 0 Å². The number of rotatable bonds is 4. The van der Waals surface area contributed by atoms with Crippen molar-refractivity contribution >= 4 is 5.91 Å². The Morgan fingerprint density at radius 3 is 2.55 bits per heavy atom. The van der Waals surface area contributed by atoms with Gasteiger partial charge in [0.15, 0.2) is 0 Å². The highest BCUT2D eigenvalue weighted by molar-refractivity contribution is 5.72. The maximum Gasteiger partial charge on any atom is 0.219 e. The number of carbonyl (C=O) groups is 1. The van der Waals surface area contributed by atoms with Crippen LogP contribution < -0.4 is 0 Å². The molecule has 0 saturated heterocycles. The quantitative estimate of drug-likeness (QED) is 0.653. The number of hydrogen-bond acceptors (Lipinski definition) is 2. The van der Waals surface area contributed by atoms with Crippen molar-refractivity contribution in [2.24, 2.45) is 0 Å². The van der Waals surface area contributed by atoms with Crippen LogP contribution in [0.15, 0.2) is 0 Å². The van der Waals surface area contributed by atoms with Crippen LogP contribution in [0.4, 0.5) is 0 Å². The summed E-state index contributed by atoms with van der Waals surface area (Å²) in [5.41, 5.74) is 0. The highest BCUT2D eigenvalue weighted by Gasteiger charge is 2.05. The molecule has 0 rings (SSSR count). The lowest BCUT2D eigenvalue weighted by molar-refractivity contribution is -0.127. The number of hydrogen-bond donors (Lipinski definition) is 1. The van der Waals surface area contributed by atoms with Crippen LogP contribution in [0.1, 0.15) is 26.7 Å². The van der Waals surface area contributed by atoms with Crippen molar-refractivity contribution in [3.05, 3.63) is 0 Å². The van der Waals surface area contributed by atoms with Crippen molar-refractivity contribution in [3.63, 3.8) is 0 Å². The standard InChI is InChI=1S/C8H17NO2/c1-4-8(11)5-6-9(3)7(2)10/h8,11H,4-6H2,1-3H3. The molecule has 0 aliphatic carbocycles. The molecule has 1 atom stereocenters. The van der Waals surface area contributed by atoms with Crippen LogP contribution in [0.3, 0.4) is 0 Å². The second-order valence-electron chi connectivity index (χ2n) is 2.79. The SMILES string of the molecule is CCC(O)CCN(C)C(C)=O. The van der Waals surface area contributed by atoms with Crippen LogP contribution in [0.5, 0.6) is 0 Å². The Balaban J connectivity index is 3.45.